The molecule has 0 bridgehead atoms. The van der Waals surface area contributed by atoms with Crippen LogP contribution in [0.5, 0.6) is 0 Å². The van der Waals surface area contributed by atoms with Gasteiger partial charge in [-0.1, -0.05) is 28.9 Å². The van der Waals surface area contributed by atoms with Gasteiger partial charge >= 0.3 is 0 Å². The standard InChI is InChI=1S/C18H21BrN4O/c1-2-15-8-3-4-11-23(15)17-10-9-16(21-22-17)20-18(24)13-6-5-7-14(19)12-13/h5-7,9-10,12,15H,2-4,8,11H2,1H3,(H,20,21,24). The molecule has 1 unspecified atom stereocenters. The molecule has 1 amide bonds. The minimum absolute atomic E-state index is 0.192. The number of anilines is 2. The third kappa shape index (κ3) is 3.93. The quantitative estimate of drug-likeness (QED) is 0.849. The van der Waals surface area contributed by atoms with E-state index in [0.29, 0.717) is 17.4 Å². The smallest absolute Gasteiger partial charge is 0.256 e. The fourth-order valence-corrected chi connectivity index (χ4v) is 3.49. The Morgan fingerprint density at radius 1 is 1.29 bits per heavy atom. The highest BCUT2D eigenvalue weighted by Crippen LogP contribution is 2.25. The molecule has 0 saturated carbocycles. The van der Waals surface area contributed by atoms with E-state index in [2.05, 4.69) is 43.3 Å². The summed E-state index contributed by atoms with van der Waals surface area (Å²) in [6, 6.07) is 11.5. The number of carbonyl (C=O) groups is 1. The molecule has 1 N–H and O–H groups in total. The van der Waals surface area contributed by atoms with Crippen molar-refractivity contribution in [3.63, 3.8) is 0 Å². The first-order chi connectivity index (χ1) is 11.7. The van der Waals surface area contributed by atoms with Gasteiger partial charge in [0.15, 0.2) is 11.6 Å². The second-order valence-corrected chi connectivity index (χ2v) is 6.91. The lowest BCUT2D eigenvalue weighted by atomic mass is 10.0. The molecule has 3 rings (SSSR count). The highest BCUT2D eigenvalue weighted by molar-refractivity contribution is 9.10. The number of amides is 1. The van der Waals surface area contributed by atoms with Crippen molar-refractivity contribution in [3.8, 4) is 0 Å². The van der Waals surface area contributed by atoms with Crippen molar-refractivity contribution in [1.29, 1.82) is 0 Å². The molecule has 2 heterocycles. The van der Waals surface area contributed by atoms with Crippen molar-refractivity contribution in [2.45, 2.75) is 38.6 Å². The Labute approximate surface area is 150 Å². The molecule has 1 aliphatic heterocycles. The first kappa shape index (κ1) is 16.9. The average molecular weight is 389 g/mol. The Morgan fingerprint density at radius 3 is 2.88 bits per heavy atom. The molecule has 126 valence electrons. The van der Waals surface area contributed by atoms with E-state index in [1.54, 1.807) is 12.1 Å². The van der Waals surface area contributed by atoms with Gasteiger partial charge in [0.05, 0.1) is 0 Å². The van der Waals surface area contributed by atoms with Gasteiger partial charge in [0, 0.05) is 22.6 Å². The summed E-state index contributed by atoms with van der Waals surface area (Å²) in [6.45, 7) is 3.24. The molecule has 1 aliphatic rings. The fraction of sp³-hybridized carbons (Fsp3) is 0.389. The maximum atomic E-state index is 12.2. The molecular weight excluding hydrogens is 368 g/mol. The minimum Gasteiger partial charge on any atom is -0.352 e. The normalized spacial score (nSPS) is 17.6. The number of piperidine rings is 1. The summed E-state index contributed by atoms with van der Waals surface area (Å²) in [5, 5.41) is 11.3. The largest absolute Gasteiger partial charge is 0.352 e. The third-order valence-electron chi connectivity index (χ3n) is 4.37. The molecular formula is C18H21BrN4O. The lowest BCUT2D eigenvalue weighted by Crippen LogP contribution is -2.39. The number of hydrogen-bond acceptors (Lipinski definition) is 4. The van der Waals surface area contributed by atoms with Crippen LogP contribution >= 0.6 is 15.9 Å². The Morgan fingerprint density at radius 2 is 2.17 bits per heavy atom. The van der Waals surface area contributed by atoms with Gasteiger partial charge in [-0.3, -0.25) is 4.79 Å². The summed E-state index contributed by atoms with van der Waals surface area (Å²) >= 11 is 3.37. The summed E-state index contributed by atoms with van der Waals surface area (Å²) < 4.78 is 0.868. The second kappa shape index (κ2) is 7.75. The molecule has 1 saturated heterocycles. The molecule has 2 aromatic rings. The highest BCUT2D eigenvalue weighted by atomic mass is 79.9. The first-order valence-corrected chi connectivity index (χ1v) is 9.14. The van der Waals surface area contributed by atoms with Crippen LogP contribution in [0.2, 0.25) is 0 Å². The van der Waals surface area contributed by atoms with Crippen molar-refractivity contribution in [2.24, 2.45) is 0 Å². The number of carbonyl (C=O) groups excluding carboxylic acids is 1. The molecule has 1 atom stereocenters. The summed E-state index contributed by atoms with van der Waals surface area (Å²) in [5.41, 5.74) is 0.581. The van der Waals surface area contributed by atoms with Crippen molar-refractivity contribution in [2.75, 3.05) is 16.8 Å². The van der Waals surface area contributed by atoms with Gasteiger partial charge in [-0.05, 0) is 56.0 Å². The SMILES string of the molecule is CCC1CCCCN1c1ccc(NC(=O)c2cccc(Br)c2)nn1. The van der Waals surface area contributed by atoms with Crippen molar-refractivity contribution in [3.05, 3.63) is 46.4 Å². The van der Waals surface area contributed by atoms with Crippen molar-refractivity contribution in [1.82, 2.24) is 10.2 Å². The highest BCUT2D eigenvalue weighted by Gasteiger charge is 2.22. The fourth-order valence-electron chi connectivity index (χ4n) is 3.09. The zero-order valence-electron chi connectivity index (χ0n) is 13.7. The first-order valence-electron chi connectivity index (χ1n) is 8.34. The Bertz CT molecular complexity index is 704. The van der Waals surface area contributed by atoms with Crippen LogP contribution in [0.4, 0.5) is 11.6 Å². The topological polar surface area (TPSA) is 58.1 Å². The zero-order valence-corrected chi connectivity index (χ0v) is 15.3. The van der Waals surface area contributed by atoms with E-state index in [1.807, 2.05) is 24.3 Å². The van der Waals surface area contributed by atoms with Crippen LogP contribution in [-0.4, -0.2) is 28.7 Å². The van der Waals surface area contributed by atoms with Gasteiger partial charge in [-0.15, -0.1) is 10.2 Å². The number of halogens is 1. The summed E-state index contributed by atoms with van der Waals surface area (Å²) in [7, 11) is 0. The van der Waals surface area contributed by atoms with Crippen LogP contribution in [0.3, 0.4) is 0 Å². The lowest BCUT2D eigenvalue weighted by Gasteiger charge is -2.35. The molecule has 0 spiro atoms. The summed E-state index contributed by atoms with van der Waals surface area (Å²) in [6.07, 6.45) is 4.80. The maximum Gasteiger partial charge on any atom is 0.256 e. The van der Waals surface area contributed by atoms with E-state index in [0.717, 1.165) is 23.3 Å². The molecule has 1 fully saturated rings. The molecule has 6 heteroatoms. The van der Waals surface area contributed by atoms with Gasteiger partial charge in [0.2, 0.25) is 0 Å². The van der Waals surface area contributed by atoms with E-state index in [-0.39, 0.29) is 5.91 Å². The van der Waals surface area contributed by atoms with Crippen LogP contribution in [0.1, 0.15) is 43.0 Å². The monoisotopic (exact) mass is 388 g/mol. The van der Waals surface area contributed by atoms with Crippen LogP contribution < -0.4 is 10.2 Å². The predicted molar refractivity (Wildman–Crippen MR) is 99.4 cm³/mol. The Kier molecular flexibility index (Phi) is 5.45. The van der Waals surface area contributed by atoms with Crippen LogP contribution in [0.15, 0.2) is 40.9 Å². The third-order valence-corrected chi connectivity index (χ3v) is 4.86. The Hall–Kier alpha value is -1.95. The van der Waals surface area contributed by atoms with E-state index in [4.69, 9.17) is 0 Å². The molecule has 0 radical (unpaired) electrons. The van der Waals surface area contributed by atoms with E-state index in [1.165, 1.54) is 19.3 Å². The number of nitrogens with zero attached hydrogens (tertiary/aromatic N) is 3. The molecule has 1 aromatic heterocycles. The van der Waals surface area contributed by atoms with Crippen LogP contribution in [-0.2, 0) is 0 Å². The van der Waals surface area contributed by atoms with Gasteiger partial charge in [-0.25, -0.2) is 0 Å². The van der Waals surface area contributed by atoms with Crippen molar-refractivity contribution >= 4 is 33.5 Å². The van der Waals surface area contributed by atoms with E-state index in [9.17, 15) is 4.79 Å². The molecule has 0 aliphatic carbocycles. The number of aromatic nitrogens is 2. The number of nitrogens with one attached hydrogen (secondary N) is 1. The predicted octanol–water partition coefficient (Wildman–Crippen LogP) is 4.26. The van der Waals surface area contributed by atoms with Gasteiger partial charge in [0.1, 0.15) is 0 Å². The average Bonchev–Trinajstić information content (AvgIpc) is 2.62. The van der Waals surface area contributed by atoms with Crippen LogP contribution in [0, 0.1) is 0 Å². The number of benzene rings is 1. The molecule has 24 heavy (non-hydrogen) atoms. The maximum absolute atomic E-state index is 12.2. The van der Waals surface area contributed by atoms with Gasteiger partial charge in [-0.2, -0.15) is 0 Å². The minimum atomic E-state index is -0.192. The van der Waals surface area contributed by atoms with E-state index >= 15 is 0 Å². The number of rotatable bonds is 4. The molecule has 5 nitrogen and oxygen atoms in total. The van der Waals surface area contributed by atoms with Crippen LogP contribution in [0.25, 0.3) is 0 Å². The number of hydrogen-bond donors (Lipinski definition) is 1. The zero-order chi connectivity index (χ0) is 16.9. The lowest BCUT2D eigenvalue weighted by molar-refractivity contribution is 0.102. The second-order valence-electron chi connectivity index (χ2n) is 5.99. The summed E-state index contributed by atoms with van der Waals surface area (Å²) in [4.78, 5) is 14.6. The van der Waals surface area contributed by atoms with Gasteiger partial charge < -0.3 is 10.2 Å². The summed E-state index contributed by atoms with van der Waals surface area (Å²) in [5.74, 6) is 1.17. The Balaban J connectivity index is 1.69. The van der Waals surface area contributed by atoms with E-state index < -0.39 is 0 Å². The van der Waals surface area contributed by atoms with Crippen molar-refractivity contribution < 1.29 is 4.79 Å². The molecule has 1 aromatic carbocycles. The van der Waals surface area contributed by atoms with Gasteiger partial charge in [0.25, 0.3) is 5.91 Å².